The molecule has 82 valence electrons. The quantitative estimate of drug-likeness (QED) is 0.616. The number of rotatable bonds is 1. The molecule has 1 aliphatic heterocycles. The van der Waals surface area contributed by atoms with Gasteiger partial charge in [-0.15, -0.1) is 0 Å². The summed E-state index contributed by atoms with van der Waals surface area (Å²) in [6, 6.07) is 0. The predicted molar refractivity (Wildman–Crippen MR) is 54.6 cm³/mol. The van der Waals surface area contributed by atoms with Crippen LogP contribution in [-0.2, 0) is 9.53 Å². The second-order valence-electron chi connectivity index (χ2n) is 4.66. The van der Waals surface area contributed by atoms with Gasteiger partial charge in [-0.2, -0.15) is 0 Å². The number of ether oxygens (including phenoxy) is 1. The standard InChI is InChI=1S/C10H20N2O2/c1-10(2,3)14-9(13)8-4-6-11-12-7-5-8/h8,11-12H,4-7H2,1-3H3. The summed E-state index contributed by atoms with van der Waals surface area (Å²) in [7, 11) is 0. The number of esters is 1. The fourth-order valence-electron chi connectivity index (χ4n) is 1.43. The van der Waals surface area contributed by atoms with Crippen LogP contribution in [0.15, 0.2) is 0 Å². The molecule has 2 N–H and O–H groups in total. The molecule has 1 rings (SSSR count). The van der Waals surface area contributed by atoms with Crippen LogP contribution in [0.5, 0.6) is 0 Å². The highest BCUT2D eigenvalue weighted by Gasteiger charge is 2.25. The first kappa shape index (κ1) is 11.5. The van der Waals surface area contributed by atoms with Gasteiger partial charge in [-0.25, -0.2) is 0 Å². The zero-order chi connectivity index (χ0) is 10.6. The van der Waals surface area contributed by atoms with Crippen molar-refractivity contribution in [3.05, 3.63) is 0 Å². The molecule has 4 heteroatoms. The minimum atomic E-state index is -0.371. The van der Waals surface area contributed by atoms with Gasteiger partial charge >= 0.3 is 5.97 Å². The van der Waals surface area contributed by atoms with Gasteiger partial charge in [-0.05, 0) is 33.6 Å². The number of nitrogens with one attached hydrogen (secondary N) is 2. The molecule has 14 heavy (non-hydrogen) atoms. The first-order valence-corrected chi connectivity index (χ1v) is 5.17. The van der Waals surface area contributed by atoms with Gasteiger partial charge in [-0.3, -0.25) is 15.6 Å². The minimum absolute atomic E-state index is 0.0386. The molecule has 0 aromatic heterocycles. The van der Waals surface area contributed by atoms with Crippen LogP contribution in [0.4, 0.5) is 0 Å². The predicted octanol–water partition coefficient (Wildman–Crippen LogP) is 0.832. The largest absolute Gasteiger partial charge is 0.460 e. The van der Waals surface area contributed by atoms with E-state index in [1.54, 1.807) is 0 Å². The molecule has 1 fully saturated rings. The molecule has 0 spiro atoms. The van der Waals surface area contributed by atoms with Crippen molar-refractivity contribution >= 4 is 5.97 Å². The summed E-state index contributed by atoms with van der Waals surface area (Å²) in [4.78, 5) is 11.7. The lowest BCUT2D eigenvalue weighted by Gasteiger charge is -2.22. The molecule has 0 atom stereocenters. The maximum absolute atomic E-state index is 11.7. The lowest BCUT2D eigenvalue weighted by molar-refractivity contribution is -0.160. The van der Waals surface area contributed by atoms with Crippen molar-refractivity contribution in [3.63, 3.8) is 0 Å². The molecule has 0 aromatic carbocycles. The van der Waals surface area contributed by atoms with E-state index in [-0.39, 0.29) is 17.5 Å². The Hall–Kier alpha value is -0.610. The van der Waals surface area contributed by atoms with E-state index >= 15 is 0 Å². The Morgan fingerprint density at radius 2 is 1.71 bits per heavy atom. The Bertz CT molecular complexity index is 191. The molecule has 1 heterocycles. The molecule has 0 saturated carbocycles. The summed E-state index contributed by atoms with van der Waals surface area (Å²) in [5, 5.41) is 0. The van der Waals surface area contributed by atoms with Gasteiger partial charge in [0.15, 0.2) is 0 Å². The first-order valence-electron chi connectivity index (χ1n) is 5.17. The number of hydrogen-bond donors (Lipinski definition) is 2. The molecular weight excluding hydrogens is 180 g/mol. The van der Waals surface area contributed by atoms with Gasteiger partial charge in [0.05, 0.1) is 5.92 Å². The summed E-state index contributed by atoms with van der Waals surface area (Å²) in [5.74, 6) is -0.0280. The number of carbonyl (C=O) groups is 1. The zero-order valence-electron chi connectivity index (χ0n) is 9.22. The SMILES string of the molecule is CC(C)(C)OC(=O)C1CCNNCC1. The summed E-state index contributed by atoms with van der Waals surface area (Å²) in [5.41, 5.74) is 5.70. The van der Waals surface area contributed by atoms with Crippen molar-refractivity contribution in [3.8, 4) is 0 Å². The highest BCUT2D eigenvalue weighted by molar-refractivity contribution is 5.72. The van der Waals surface area contributed by atoms with Gasteiger partial charge in [0.1, 0.15) is 5.60 Å². The third kappa shape index (κ3) is 4.07. The molecule has 0 amide bonds. The van der Waals surface area contributed by atoms with Crippen LogP contribution in [-0.4, -0.2) is 24.7 Å². The number of carbonyl (C=O) groups excluding carboxylic acids is 1. The first-order chi connectivity index (χ1) is 6.49. The maximum Gasteiger partial charge on any atom is 0.309 e. The maximum atomic E-state index is 11.7. The number of hydrogen-bond acceptors (Lipinski definition) is 4. The van der Waals surface area contributed by atoms with Crippen molar-refractivity contribution in [2.24, 2.45) is 5.92 Å². The van der Waals surface area contributed by atoms with E-state index in [4.69, 9.17) is 4.74 Å². The van der Waals surface area contributed by atoms with E-state index < -0.39 is 0 Å². The van der Waals surface area contributed by atoms with Crippen LogP contribution in [0.3, 0.4) is 0 Å². The van der Waals surface area contributed by atoms with Gasteiger partial charge < -0.3 is 4.74 Å². The monoisotopic (exact) mass is 200 g/mol. The Morgan fingerprint density at radius 1 is 1.21 bits per heavy atom. The van der Waals surface area contributed by atoms with Crippen molar-refractivity contribution in [2.45, 2.75) is 39.2 Å². The van der Waals surface area contributed by atoms with Gasteiger partial charge in [-0.1, -0.05) is 0 Å². The molecule has 4 nitrogen and oxygen atoms in total. The Labute approximate surface area is 85.4 Å². The third-order valence-corrected chi connectivity index (χ3v) is 2.10. The summed E-state index contributed by atoms with van der Waals surface area (Å²) in [6.07, 6.45) is 1.70. The molecule has 0 unspecified atom stereocenters. The Balaban J connectivity index is 2.42. The van der Waals surface area contributed by atoms with Crippen LogP contribution in [0.1, 0.15) is 33.6 Å². The highest BCUT2D eigenvalue weighted by Crippen LogP contribution is 2.16. The van der Waals surface area contributed by atoms with Crippen molar-refractivity contribution in [1.29, 1.82) is 0 Å². The zero-order valence-corrected chi connectivity index (χ0v) is 9.22. The fourth-order valence-corrected chi connectivity index (χ4v) is 1.43. The van der Waals surface area contributed by atoms with Crippen LogP contribution >= 0.6 is 0 Å². The summed E-state index contributed by atoms with van der Waals surface area (Å²) in [6.45, 7) is 7.35. The van der Waals surface area contributed by atoms with E-state index in [1.165, 1.54) is 0 Å². The van der Waals surface area contributed by atoms with Crippen LogP contribution < -0.4 is 10.9 Å². The average Bonchev–Trinajstić information content (AvgIpc) is 2.27. The van der Waals surface area contributed by atoms with Crippen LogP contribution in [0.2, 0.25) is 0 Å². The number of hydrazine groups is 1. The fraction of sp³-hybridized carbons (Fsp3) is 0.900. The van der Waals surface area contributed by atoms with Crippen LogP contribution in [0, 0.1) is 5.92 Å². The highest BCUT2D eigenvalue weighted by atomic mass is 16.6. The molecule has 1 aliphatic rings. The smallest absolute Gasteiger partial charge is 0.309 e. The van der Waals surface area contributed by atoms with Gasteiger partial charge in [0, 0.05) is 13.1 Å². The third-order valence-electron chi connectivity index (χ3n) is 2.10. The van der Waals surface area contributed by atoms with Crippen molar-refractivity contribution in [1.82, 2.24) is 10.9 Å². The van der Waals surface area contributed by atoms with E-state index in [2.05, 4.69) is 10.9 Å². The normalized spacial score (nSPS) is 20.2. The van der Waals surface area contributed by atoms with Crippen LogP contribution in [0.25, 0.3) is 0 Å². The van der Waals surface area contributed by atoms with E-state index in [0.29, 0.717) is 0 Å². The molecule has 1 saturated heterocycles. The Kier molecular flexibility index (Phi) is 3.89. The summed E-state index contributed by atoms with van der Waals surface area (Å²) < 4.78 is 5.34. The molecule has 0 radical (unpaired) electrons. The lowest BCUT2D eigenvalue weighted by Crippen LogP contribution is -2.30. The molecule has 0 aromatic rings. The lowest BCUT2D eigenvalue weighted by atomic mass is 10.0. The average molecular weight is 200 g/mol. The molecule has 0 bridgehead atoms. The van der Waals surface area contributed by atoms with E-state index in [9.17, 15) is 4.79 Å². The van der Waals surface area contributed by atoms with Crippen molar-refractivity contribution < 1.29 is 9.53 Å². The second-order valence-corrected chi connectivity index (χ2v) is 4.66. The minimum Gasteiger partial charge on any atom is -0.460 e. The topological polar surface area (TPSA) is 50.4 Å². The molecule has 0 aliphatic carbocycles. The van der Waals surface area contributed by atoms with E-state index in [0.717, 1.165) is 25.9 Å². The van der Waals surface area contributed by atoms with Crippen molar-refractivity contribution in [2.75, 3.05) is 13.1 Å². The van der Waals surface area contributed by atoms with Gasteiger partial charge in [0.25, 0.3) is 0 Å². The van der Waals surface area contributed by atoms with Gasteiger partial charge in [0.2, 0.25) is 0 Å². The summed E-state index contributed by atoms with van der Waals surface area (Å²) >= 11 is 0. The molecular formula is C10H20N2O2. The Morgan fingerprint density at radius 3 is 2.14 bits per heavy atom. The van der Waals surface area contributed by atoms with E-state index in [1.807, 2.05) is 20.8 Å². The second kappa shape index (κ2) is 4.75.